The molecule has 2 aromatic rings. The summed E-state index contributed by atoms with van der Waals surface area (Å²) in [5.74, 6) is -0.152. The third kappa shape index (κ3) is 2.76. The van der Waals surface area contributed by atoms with Crippen LogP contribution >= 0.6 is 0 Å². The summed E-state index contributed by atoms with van der Waals surface area (Å²) in [6, 6.07) is 17.3. The van der Waals surface area contributed by atoms with Crippen molar-refractivity contribution in [3.8, 4) is 0 Å². The van der Waals surface area contributed by atoms with Crippen molar-refractivity contribution in [1.82, 2.24) is 4.90 Å². The van der Waals surface area contributed by atoms with Crippen LogP contribution in [-0.4, -0.2) is 30.6 Å². The lowest BCUT2D eigenvalue weighted by molar-refractivity contribution is -0.112. The van der Waals surface area contributed by atoms with Gasteiger partial charge in [-0.3, -0.25) is 4.79 Å². The van der Waals surface area contributed by atoms with Gasteiger partial charge in [0.15, 0.2) is 0 Å². The van der Waals surface area contributed by atoms with E-state index in [0.29, 0.717) is 11.3 Å². The molecule has 0 fully saturated rings. The van der Waals surface area contributed by atoms with Gasteiger partial charge in [-0.15, -0.1) is 0 Å². The Morgan fingerprint density at radius 3 is 2.41 bits per heavy atom. The second kappa shape index (κ2) is 5.85. The average Bonchev–Trinajstić information content (AvgIpc) is 2.65. The summed E-state index contributed by atoms with van der Waals surface area (Å²) in [6.07, 6.45) is 1.80. The zero-order valence-corrected chi connectivity index (χ0v) is 12.6. The molecule has 1 heterocycles. The van der Waals surface area contributed by atoms with Gasteiger partial charge in [0, 0.05) is 25.9 Å². The van der Waals surface area contributed by atoms with Crippen molar-refractivity contribution in [3.05, 3.63) is 71.9 Å². The number of nitrogens with zero attached hydrogens (tertiary/aromatic N) is 2. The van der Waals surface area contributed by atoms with Gasteiger partial charge in [-0.05, 0) is 12.1 Å². The minimum Gasteiger partial charge on any atom is -0.383 e. The average molecular weight is 291 g/mol. The Balaban J connectivity index is 2.22. The van der Waals surface area contributed by atoms with Crippen molar-refractivity contribution in [2.45, 2.75) is 0 Å². The number of hydrogen-bond acceptors (Lipinski definition) is 3. The number of nitrogens with one attached hydrogen (secondary N) is 1. The van der Waals surface area contributed by atoms with E-state index in [1.54, 1.807) is 6.20 Å². The number of carbonyl (C=O) groups excluding carboxylic acids is 1. The highest BCUT2D eigenvalue weighted by Crippen LogP contribution is 2.30. The molecule has 0 saturated heterocycles. The van der Waals surface area contributed by atoms with Crippen molar-refractivity contribution < 1.29 is 4.79 Å². The van der Waals surface area contributed by atoms with E-state index in [1.165, 1.54) is 0 Å². The van der Waals surface area contributed by atoms with Crippen LogP contribution in [0, 0.1) is 0 Å². The first-order valence-corrected chi connectivity index (χ1v) is 7.08. The van der Waals surface area contributed by atoms with Gasteiger partial charge in [0.2, 0.25) is 0 Å². The molecule has 1 N–H and O–H groups in total. The Bertz CT molecular complexity index is 761. The maximum Gasteiger partial charge on any atom is 0.259 e. The molecule has 4 heteroatoms. The third-order valence-electron chi connectivity index (χ3n) is 3.32. The van der Waals surface area contributed by atoms with Crippen LogP contribution in [0.15, 0.2) is 71.4 Å². The molecule has 1 amide bonds. The van der Waals surface area contributed by atoms with Gasteiger partial charge in [-0.2, -0.15) is 0 Å². The smallest absolute Gasteiger partial charge is 0.259 e. The maximum absolute atomic E-state index is 12.6. The Morgan fingerprint density at radius 1 is 1.00 bits per heavy atom. The molecule has 0 spiro atoms. The zero-order chi connectivity index (χ0) is 15.5. The van der Waals surface area contributed by atoms with Gasteiger partial charge in [0.25, 0.3) is 5.91 Å². The highest BCUT2D eigenvalue weighted by atomic mass is 16.1. The van der Waals surface area contributed by atoms with Crippen molar-refractivity contribution in [2.24, 2.45) is 4.99 Å². The lowest BCUT2D eigenvalue weighted by Gasteiger charge is -2.12. The van der Waals surface area contributed by atoms with Gasteiger partial charge < -0.3 is 10.2 Å². The molecule has 0 unspecified atom stereocenters. The predicted octanol–water partition coefficient (Wildman–Crippen LogP) is 3.21. The molecule has 110 valence electrons. The predicted molar refractivity (Wildman–Crippen MR) is 89.5 cm³/mol. The molecule has 1 aliphatic rings. The molecule has 0 saturated carbocycles. The molecule has 4 nitrogen and oxygen atoms in total. The molecular formula is C18H17N3O. The summed E-state index contributed by atoms with van der Waals surface area (Å²) >= 11 is 0. The molecule has 0 aromatic heterocycles. The standard InChI is InChI=1S/C18H17N3O/c1-21(2)12-14-17(13-8-4-3-5-9-13)19-15-10-6-7-11-16(15)20-18(14)22/h3-12H,1-2H3,(H,20,22). The number of rotatable bonds is 2. The topological polar surface area (TPSA) is 44.7 Å². The number of carbonyl (C=O) groups is 1. The second-order valence-corrected chi connectivity index (χ2v) is 5.30. The summed E-state index contributed by atoms with van der Waals surface area (Å²) in [5.41, 5.74) is 3.63. The maximum atomic E-state index is 12.6. The third-order valence-corrected chi connectivity index (χ3v) is 3.32. The normalized spacial score (nSPS) is 15.6. The molecule has 2 aromatic carbocycles. The molecular weight excluding hydrogens is 274 g/mol. The summed E-state index contributed by atoms with van der Waals surface area (Å²) in [4.78, 5) is 19.2. The first-order chi connectivity index (χ1) is 10.6. The number of fused-ring (bicyclic) bond motifs is 1. The Labute approximate surface area is 129 Å². The molecule has 0 radical (unpaired) electrons. The number of anilines is 1. The highest BCUT2D eigenvalue weighted by Gasteiger charge is 2.23. The molecule has 0 aliphatic carbocycles. The van der Waals surface area contributed by atoms with Crippen LogP contribution in [0.2, 0.25) is 0 Å². The van der Waals surface area contributed by atoms with Crippen LogP contribution in [0.25, 0.3) is 0 Å². The second-order valence-electron chi connectivity index (χ2n) is 5.30. The van der Waals surface area contributed by atoms with Crippen molar-refractivity contribution in [1.29, 1.82) is 0 Å². The zero-order valence-electron chi connectivity index (χ0n) is 12.6. The lowest BCUT2D eigenvalue weighted by atomic mass is 10.0. The summed E-state index contributed by atoms with van der Waals surface area (Å²) in [7, 11) is 3.78. The van der Waals surface area contributed by atoms with E-state index in [0.717, 1.165) is 16.9 Å². The molecule has 1 aliphatic heterocycles. The van der Waals surface area contributed by atoms with Crippen molar-refractivity contribution >= 4 is 23.0 Å². The van der Waals surface area contributed by atoms with Gasteiger partial charge in [0.05, 0.1) is 22.7 Å². The van der Waals surface area contributed by atoms with Crippen LogP contribution in [0.5, 0.6) is 0 Å². The van der Waals surface area contributed by atoms with Crippen LogP contribution in [0.1, 0.15) is 5.56 Å². The van der Waals surface area contributed by atoms with E-state index in [-0.39, 0.29) is 5.91 Å². The number of amides is 1. The monoisotopic (exact) mass is 291 g/mol. The van der Waals surface area contributed by atoms with Crippen LogP contribution in [0.4, 0.5) is 11.4 Å². The number of para-hydroxylation sites is 2. The fourth-order valence-electron chi connectivity index (χ4n) is 2.35. The van der Waals surface area contributed by atoms with E-state index < -0.39 is 0 Å². The van der Waals surface area contributed by atoms with Gasteiger partial charge in [-0.25, -0.2) is 4.99 Å². The quantitative estimate of drug-likeness (QED) is 0.864. The molecule has 3 rings (SSSR count). The minimum absolute atomic E-state index is 0.152. The fourth-order valence-corrected chi connectivity index (χ4v) is 2.35. The van der Waals surface area contributed by atoms with Crippen LogP contribution < -0.4 is 5.32 Å². The Kier molecular flexibility index (Phi) is 3.74. The van der Waals surface area contributed by atoms with E-state index >= 15 is 0 Å². The van der Waals surface area contributed by atoms with E-state index in [2.05, 4.69) is 5.32 Å². The highest BCUT2D eigenvalue weighted by molar-refractivity contribution is 6.32. The summed E-state index contributed by atoms with van der Waals surface area (Å²) < 4.78 is 0. The first-order valence-electron chi connectivity index (χ1n) is 7.08. The molecule has 0 atom stereocenters. The summed E-state index contributed by atoms with van der Waals surface area (Å²) in [6.45, 7) is 0. The number of aliphatic imine (C=N–C) groups is 1. The molecule has 22 heavy (non-hydrogen) atoms. The van der Waals surface area contributed by atoms with Crippen molar-refractivity contribution in [3.63, 3.8) is 0 Å². The van der Waals surface area contributed by atoms with Crippen molar-refractivity contribution in [2.75, 3.05) is 19.4 Å². The number of benzene rings is 2. The van der Waals surface area contributed by atoms with Crippen LogP contribution in [-0.2, 0) is 4.79 Å². The molecule has 0 bridgehead atoms. The van der Waals surface area contributed by atoms with E-state index in [9.17, 15) is 4.79 Å². The van der Waals surface area contributed by atoms with Gasteiger partial charge >= 0.3 is 0 Å². The summed E-state index contributed by atoms with van der Waals surface area (Å²) in [5, 5.41) is 2.93. The first kappa shape index (κ1) is 14.1. The SMILES string of the molecule is CN(C)C=C1C(=O)Nc2ccccc2N=C1c1ccccc1. The number of hydrogen-bond donors (Lipinski definition) is 1. The largest absolute Gasteiger partial charge is 0.383 e. The lowest BCUT2D eigenvalue weighted by Crippen LogP contribution is -2.22. The van der Waals surface area contributed by atoms with Gasteiger partial charge in [0.1, 0.15) is 0 Å². The minimum atomic E-state index is -0.152. The van der Waals surface area contributed by atoms with E-state index in [4.69, 9.17) is 4.99 Å². The Hall–Kier alpha value is -2.88. The van der Waals surface area contributed by atoms with Crippen LogP contribution in [0.3, 0.4) is 0 Å². The van der Waals surface area contributed by atoms with E-state index in [1.807, 2.05) is 73.6 Å². The fraction of sp³-hybridized carbons (Fsp3) is 0.111. The Morgan fingerprint density at radius 2 is 1.68 bits per heavy atom. The van der Waals surface area contributed by atoms with Gasteiger partial charge in [-0.1, -0.05) is 42.5 Å².